The molecule has 3 amide bonds. The minimum atomic E-state index is -0.554. The zero-order chi connectivity index (χ0) is 19.6. The van der Waals surface area contributed by atoms with Crippen molar-refractivity contribution in [3.05, 3.63) is 42.0 Å². The van der Waals surface area contributed by atoms with Crippen molar-refractivity contribution in [2.24, 2.45) is 0 Å². The van der Waals surface area contributed by atoms with E-state index in [9.17, 15) is 14.4 Å². The lowest BCUT2D eigenvalue weighted by molar-refractivity contribution is -0.136. The van der Waals surface area contributed by atoms with Crippen LogP contribution in [0.15, 0.2) is 36.4 Å². The van der Waals surface area contributed by atoms with Gasteiger partial charge in [-0.05, 0) is 43.9 Å². The standard InChI is InChI=1S/C20H24N2O5/c1-3-7-15-8-9-16(17(14-15)26-2)27-20(25)21-12-5-4-6-13-22-18(23)10-11-19(22)24/h3,7-11,14H,4-6,12-13H2,1-2H3,(H,21,25)/b7-3+. The first-order valence-corrected chi connectivity index (χ1v) is 8.85. The summed E-state index contributed by atoms with van der Waals surface area (Å²) in [4.78, 5) is 35.9. The van der Waals surface area contributed by atoms with Gasteiger partial charge in [0.2, 0.25) is 0 Å². The number of unbranched alkanes of at least 4 members (excludes halogenated alkanes) is 2. The molecule has 27 heavy (non-hydrogen) atoms. The van der Waals surface area contributed by atoms with E-state index in [1.165, 1.54) is 24.2 Å². The Morgan fingerprint density at radius 3 is 2.52 bits per heavy atom. The van der Waals surface area contributed by atoms with Gasteiger partial charge in [0.15, 0.2) is 11.5 Å². The molecule has 1 heterocycles. The third kappa shape index (κ3) is 5.99. The minimum Gasteiger partial charge on any atom is -0.493 e. The molecule has 1 N–H and O–H groups in total. The van der Waals surface area contributed by atoms with Crippen molar-refractivity contribution in [3.8, 4) is 11.5 Å². The maximum Gasteiger partial charge on any atom is 0.412 e. The molecule has 1 aliphatic heterocycles. The van der Waals surface area contributed by atoms with Crippen LogP contribution in [0.5, 0.6) is 11.5 Å². The second-order valence-electron chi connectivity index (χ2n) is 5.95. The molecule has 144 valence electrons. The number of nitrogens with zero attached hydrogens (tertiary/aromatic N) is 1. The average Bonchev–Trinajstić information content (AvgIpc) is 2.97. The van der Waals surface area contributed by atoms with Gasteiger partial charge < -0.3 is 14.8 Å². The van der Waals surface area contributed by atoms with Gasteiger partial charge in [-0.1, -0.05) is 18.2 Å². The molecule has 1 aliphatic rings. The summed E-state index contributed by atoms with van der Waals surface area (Å²) in [5.74, 6) is 0.295. The summed E-state index contributed by atoms with van der Waals surface area (Å²) in [5, 5.41) is 2.68. The molecule has 7 nitrogen and oxygen atoms in total. The number of nitrogens with one attached hydrogen (secondary N) is 1. The van der Waals surface area contributed by atoms with E-state index in [-0.39, 0.29) is 11.8 Å². The average molecular weight is 372 g/mol. The molecule has 0 unspecified atom stereocenters. The van der Waals surface area contributed by atoms with Crippen molar-refractivity contribution in [2.75, 3.05) is 20.2 Å². The molecular weight excluding hydrogens is 348 g/mol. The van der Waals surface area contributed by atoms with Crippen molar-refractivity contribution in [3.63, 3.8) is 0 Å². The molecule has 7 heteroatoms. The fraction of sp³-hybridized carbons (Fsp3) is 0.350. The lowest BCUT2D eigenvalue weighted by Crippen LogP contribution is -2.31. The molecule has 0 atom stereocenters. The number of imide groups is 1. The second-order valence-corrected chi connectivity index (χ2v) is 5.95. The van der Waals surface area contributed by atoms with Crippen LogP contribution >= 0.6 is 0 Å². The summed E-state index contributed by atoms with van der Waals surface area (Å²) in [7, 11) is 1.52. The Labute approximate surface area is 158 Å². The Balaban J connectivity index is 1.67. The summed E-state index contributed by atoms with van der Waals surface area (Å²) in [6.45, 7) is 2.75. The van der Waals surface area contributed by atoms with Crippen LogP contribution in [0.25, 0.3) is 6.08 Å². The third-order valence-electron chi connectivity index (χ3n) is 3.98. The van der Waals surface area contributed by atoms with Crippen molar-refractivity contribution in [1.82, 2.24) is 10.2 Å². The Morgan fingerprint density at radius 1 is 1.11 bits per heavy atom. The number of carbonyl (C=O) groups excluding carboxylic acids is 3. The first-order chi connectivity index (χ1) is 13.0. The molecular formula is C20H24N2O5. The molecule has 1 aromatic carbocycles. The van der Waals surface area contributed by atoms with Gasteiger partial charge >= 0.3 is 6.09 Å². The number of rotatable bonds is 9. The lowest BCUT2D eigenvalue weighted by atomic mass is 10.2. The number of hydrogen-bond acceptors (Lipinski definition) is 5. The Morgan fingerprint density at radius 2 is 1.85 bits per heavy atom. The highest BCUT2D eigenvalue weighted by atomic mass is 16.6. The predicted molar refractivity (Wildman–Crippen MR) is 101 cm³/mol. The van der Waals surface area contributed by atoms with E-state index >= 15 is 0 Å². The lowest BCUT2D eigenvalue weighted by Gasteiger charge is -2.13. The molecule has 0 spiro atoms. The zero-order valence-corrected chi connectivity index (χ0v) is 15.6. The van der Waals surface area contributed by atoms with Crippen LogP contribution in [-0.2, 0) is 9.59 Å². The van der Waals surface area contributed by atoms with Gasteiger partial charge in [0, 0.05) is 25.2 Å². The van der Waals surface area contributed by atoms with Crippen molar-refractivity contribution in [1.29, 1.82) is 0 Å². The SMILES string of the molecule is C/C=C/c1ccc(OC(=O)NCCCCCN2C(=O)C=CC2=O)c(OC)c1. The summed E-state index contributed by atoms with van der Waals surface area (Å²) in [6.07, 6.45) is 8.02. The predicted octanol–water partition coefficient (Wildman–Crippen LogP) is 2.91. The number of hydrogen-bond donors (Lipinski definition) is 1. The van der Waals surface area contributed by atoms with Crippen molar-refractivity contribution >= 4 is 24.0 Å². The van der Waals surface area contributed by atoms with Crippen LogP contribution in [0.1, 0.15) is 31.7 Å². The molecule has 0 saturated heterocycles. The summed E-state index contributed by atoms with van der Waals surface area (Å²) >= 11 is 0. The van der Waals surface area contributed by atoms with Crippen LogP contribution in [0.3, 0.4) is 0 Å². The monoisotopic (exact) mass is 372 g/mol. The quantitative estimate of drug-likeness (QED) is 0.532. The van der Waals surface area contributed by atoms with Crippen LogP contribution in [0.4, 0.5) is 4.79 Å². The Kier molecular flexibility index (Phi) is 7.61. The van der Waals surface area contributed by atoms with E-state index in [1.807, 2.05) is 25.1 Å². The molecule has 0 fully saturated rings. The van der Waals surface area contributed by atoms with E-state index in [2.05, 4.69) is 5.32 Å². The topological polar surface area (TPSA) is 84.9 Å². The second kappa shape index (κ2) is 10.2. The van der Waals surface area contributed by atoms with Crippen LogP contribution < -0.4 is 14.8 Å². The van der Waals surface area contributed by atoms with Gasteiger partial charge in [-0.2, -0.15) is 0 Å². The highest BCUT2D eigenvalue weighted by Gasteiger charge is 2.22. The first kappa shape index (κ1) is 20.2. The molecule has 1 aromatic rings. The van der Waals surface area contributed by atoms with Gasteiger partial charge in [-0.15, -0.1) is 0 Å². The largest absolute Gasteiger partial charge is 0.493 e. The molecule has 2 rings (SSSR count). The highest BCUT2D eigenvalue weighted by Crippen LogP contribution is 2.28. The van der Waals surface area contributed by atoms with Crippen LogP contribution in [-0.4, -0.2) is 43.0 Å². The number of allylic oxidation sites excluding steroid dienone is 1. The number of ether oxygens (including phenoxy) is 2. The van der Waals surface area contributed by atoms with Gasteiger partial charge in [-0.25, -0.2) is 4.79 Å². The number of amides is 3. The fourth-order valence-corrected chi connectivity index (χ4v) is 2.61. The maximum absolute atomic E-state index is 11.9. The summed E-state index contributed by atoms with van der Waals surface area (Å²) < 4.78 is 10.5. The van der Waals surface area contributed by atoms with Crippen LogP contribution in [0.2, 0.25) is 0 Å². The van der Waals surface area contributed by atoms with Crippen LogP contribution in [0, 0.1) is 0 Å². The Bertz CT molecular complexity index is 737. The number of methoxy groups -OCH3 is 1. The number of carbonyl (C=O) groups is 3. The minimum absolute atomic E-state index is 0.268. The van der Waals surface area contributed by atoms with Crippen molar-refractivity contribution in [2.45, 2.75) is 26.2 Å². The summed E-state index contributed by atoms with van der Waals surface area (Å²) in [6, 6.07) is 5.31. The third-order valence-corrected chi connectivity index (χ3v) is 3.98. The number of benzene rings is 1. The first-order valence-electron chi connectivity index (χ1n) is 8.85. The van der Waals surface area contributed by atoms with E-state index < -0.39 is 6.09 Å². The molecule has 0 radical (unpaired) electrons. The zero-order valence-electron chi connectivity index (χ0n) is 15.6. The van der Waals surface area contributed by atoms with E-state index in [1.54, 1.807) is 12.1 Å². The van der Waals surface area contributed by atoms with Crippen molar-refractivity contribution < 1.29 is 23.9 Å². The smallest absolute Gasteiger partial charge is 0.412 e. The highest BCUT2D eigenvalue weighted by molar-refractivity contribution is 6.12. The molecule has 0 aliphatic carbocycles. The van der Waals surface area contributed by atoms with E-state index in [0.717, 1.165) is 18.4 Å². The van der Waals surface area contributed by atoms with Gasteiger partial charge in [-0.3, -0.25) is 14.5 Å². The molecule has 0 saturated carbocycles. The maximum atomic E-state index is 11.9. The van der Waals surface area contributed by atoms with Gasteiger partial charge in [0.1, 0.15) is 0 Å². The molecule has 0 aromatic heterocycles. The summed E-state index contributed by atoms with van der Waals surface area (Å²) in [5.41, 5.74) is 0.951. The Hall–Kier alpha value is -3.09. The van der Waals surface area contributed by atoms with E-state index in [0.29, 0.717) is 31.0 Å². The van der Waals surface area contributed by atoms with Gasteiger partial charge in [0.05, 0.1) is 7.11 Å². The van der Waals surface area contributed by atoms with Gasteiger partial charge in [0.25, 0.3) is 11.8 Å². The van der Waals surface area contributed by atoms with E-state index in [4.69, 9.17) is 9.47 Å². The fourth-order valence-electron chi connectivity index (χ4n) is 2.61. The normalized spacial score (nSPS) is 13.5. The molecule has 0 bridgehead atoms.